The van der Waals surface area contributed by atoms with Crippen LogP contribution in [0, 0.1) is 17.8 Å². The van der Waals surface area contributed by atoms with Crippen LogP contribution in [0.2, 0.25) is 0 Å². The van der Waals surface area contributed by atoms with Gasteiger partial charge in [-0.2, -0.15) is 0 Å². The topological polar surface area (TPSA) is 66.4 Å². The Morgan fingerprint density at radius 3 is 2.85 bits per heavy atom. The lowest BCUT2D eigenvalue weighted by atomic mass is 9.79. The molecule has 2 N–H and O–H groups in total. The normalized spacial score (nSPS) is 51.1. The van der Waals surface area contributed by atoms with Crippen LogP contribution in [0.3, 0.4) is 0 Å². The fourth-order valence-electron chi connectivity index (χ4n) is 3.51. The Labute approximate surface area is 75.3 Å². The number of nitrogens with one attached hydrogen (secondary N) is 1. The van der Waals surface area contributed by atoms with Crippen LogP contribution < -0.4 is 5.32 Å². The Bertz CT molecular complexity index is 312. The molecule has 0 aromatic rings. The maximum Gasteiger partial charge on any atom is 0.329 e. The van der Waals surface area contributed by atoms with Crippen molar-refractivity contribution in [2.24, 2.45) is 17.8 Å². The lowest BCUT2D eigenvalue weighted by molar-refractivity contribution is -0.146. The highest BCUT2D eigenvalue weighted by Crippen LogP contribution is 2.57. The van der Waals surface area contributed by atoms with E-state index in [1.807, 2.05) is 0 Å². The van der Waals surface area contributed by atoms with E-state index in [0.717, 1.165) is 12.8 Å². The first-order valence-electron chi connectivity index (χ1n) is 4.69. The van der Waals surface area contributed by atoms with Crippen molar-refractivity contribution in [3.8, 4) is 0 Å². The molecular weight excluding hydrogens is 170 g/mol. The zero-order valence-corrected chi connectivity index (χ0v) is 7.12. The van der Waals surface area contributed by atoms with E-state index in [1.165, 1.54) is 0 Å². The fraction of sp³-hybridized carbons (Fsp3) is 0.778. The summed E-state index contributed by atoms with van der Waals surface area (Å²) in [6.45, 7) is 0. The highest BCUT2D eigenvalue weighted by Gasteiger charge is 2.66. The minimum atomic E-state index is -0.884. The predicted octanol–water partition coefficient (Wildman–Crippen LogP) is -0.0143. The van der Waals surface area contributed by atoms with E-state index in [-0.39, 0.29) is 17.7 Å². The molecule has 1 aliphatic heterocycles. The van der Waals surface area contributed by atoms with Crippen LogP contribution in [0.4, 0.5) is 0 Å². The summed E-state index contributed by atoms with van der Waals surface area (Å²) >= 11 is 0. The average Bonchev–Trinajstić information content (AvgIpc) is 2.61. The third-order valence-electron chi connectivity index (χ3n) is 3.97. The molecule has 4 nitrogen and oxygen atoms in total. The third kappa shape index (κ3) is 0.641. The summed E-state index contributed by atoms with van der Waals surface area (Å²) in [5.74, 6) is -0.342. The Hall–Kier alpha value is -1.06. The standard InChI is InChI=1S/C9H11NO3/c11-7-5-1-4-2-6(5)9(3-4,10-7)8(12)13/h4-6H,1-3H2,(H,10,11)(H,12,13). The van der Waals surface area contributed by atoms with Gasteiger partial charge in [-0.25, -0.2) is 4.79 Å². The van der Waals surface area contributed by atoms with Gasteiger partial charge in [-0.3, -0.25) is 4.79 Å². The van der Waals surface area contributed by atoms with Crippen LogP contribution in [0.15, 0.2) is 0 Å². The van der Waals surface area contributed by atoms with Gasteiger partial charge in [-0.05, 0) is 25.2 Å². The first kappa shape index (κ1) is 7.35. The number of carbonyl (C=O) groups is 2. The van der Waals surface area contributed by atoms with Crippen molar-refractivity contribution in [1.29, 1.82) is 0 Å². The molecule has 4 unspecified atom stereocenters. The van der Waals surface area contributed by atoms with Gasteiger partial charge in [0.25, 0.3) is 0 Å². The van der Waals surface area contributed by atoms with Gasteiger partial charge in [0.05, 0.1) is 0 Å². The minimum Gasteiger partial charge on any atom is -0.479 e. The Morgan fingerprint density at radius 1 is 1.54 bits per heavy atom. The van der Waals surface area contributed by atoms with Crippen LogP contribution in [-0.2, 0) is 9.59 Å². The first-order chi connectivity index (χ1) is 6.13. The molecule has 1 amide bonds. The van der Waals surface area contributed by atoms with E-state index in [4.69, 9.17) is 5.11 Å². The smallest absolute Gasteiger partial charge is 0.329 e. The van der Waals surface area contributed by atoms with Crippen molar-refractivity contribution in [2.75, 3.05) is 0 Å². The van der Waals surface area contributed by atoms with Crippen molar-refractivity contribution in [3.63, 3.8) is 0 Å². The summed E-state index contributed by atoms with van der Waals surface area (Å²) in [6.07, 6.45) is 2.48. The number of carbonyl (C=O) groups excluding carboxylic acids is 1. The van der Waals surface area contributed by atoms with E-state index in [1.54, 1.807) is 0 Å². The molecule has 1 heterocycles. The summed E-state index contributed by atoms with van der Waals surface area (Å²) in [4.78, 5) is 22.5. The molecule has 1 saturated heterocycles. The van der Waals surface area contributed by atoms with Gasteiger partial charge in [0.1, 0.15) is 5.54 Å². The monoisotopic (exact) mass is 181 g/mol. The summed E-state index contributed by atoms with van der Waals surface area (Å²) in [5.41, 5.74) is -0.884. The SMILES string of the molecule is O=C1NC2(C(=O)O)CC3CC1C2C3. The third-order valence-corrected chi connectivity index (χ3v) is 3.97. The molecule has 0 aromatic carbocycles. The molecule has 0 aromatic heterocycles. The molecule has 2 aliphatic carbocycles. The van der Waals surface area contributed by atoms with Gasteiger partial charge in [0.2, 0.25) is 5.91 Å². The molecular formula is C9H11NO3. The molecule has 3 fully saturated rings. The maximum absolute atomic E-state index is 11.4. The molecule has 0 spiro atoms. The van der Waals surface area contributed by atoms with Gasteiger partial charge in [0.15, 0.2) is 0 Å². The maximum atomic E-state index is 11.4. The molecule has 0 radical (unpaired) electrons. The van der Waals surface area contributed by atoms with Crippen LogP contribution in [-0.4, -0.2) is 22.5 Å². The summed E-state index contributed by atoms with van der Waals surface area (Å²) in [7, 11) is 0. The molecule has 70 valence electrons. The summed E-state index contributed by atoms with van der Waals surface area (Å²) in [6, 6.07) is 0. The second-order valence-corrected chi connectivity index (χ2v) is 4.52. The molecule has 4 heteroatoms. The Balaban J connectivity index is 2.09. The predicted molar refractivity (Wildman–Crippen MR) is 42.8 cm³/mol. The van der Waals surface area contributed by atoms with Crippen molar-refractivity contribution in [1.82, 2.24) is 5.32 Å². The number of hydrogen-bond acceptors (Lipinski definition) is 2. The van der Waals surface area contributed by atoms with E-state index in [9.17, 15) is 9.59 Å². The lowest BCUT2D eigenvalue weighted by Gasteiger charge is -2.27. The highest BCUT2D eigenvalue weighted by molar-refractivity contribution is 5.94. The molecule has 3 aliphatic rings. The molecule has 4 atom stereocenters. The number of aliphatic carboxylic acids is 1. The van der Waals surface area contributed by atoms with Crippen LogP contribution in [0.5, 0.6) is 0 Å². The van der Waals surface area contributed by atoms with Gasteiger partial charge in [0, 0.05) is 11.8 Å². The second kappa shape index (κ2) is 1.89. The number of carboxylic acids is 1. The zero-order chi connectivity index (χ0) is 9.22. The molecule has 13 heavy (non-hydrogen) atoms. The van der Waals surface area contributed by atoms with Crippen molar-refractivity contribution >= 4 is 11.9 Å². The fourth-order valence-corrected chi connectivity index (χ4v) is 3.51. The largest absolute Gasteiger partial charge is 0.479 e. The number of amides is 1. The van der Waals surface area contributed by atoms with Gasteiger partial charge >= 0.3 is 5.97 Å². The number of fused-ring (bicyclic) bond motifs is 1. The van der Waals surface area contributed by atoms with Crippen LogP contribution in [0.1, 0.15) is 19.3 Å². The molecule has 2 saturated carbocycles. The second-order valence-electron chi connectivity index (χ2n) is 4.52. The van der Waals surface area contributed by atoms with Gasteiger partial charge in [-0.1, -0.05) is 0 Å². The average molecular weight is 181 g/mol. The summed E-state index contributed by atoms with van der Waals surface area (Å²) in [5, 5.41) is 11.8. The van der Waals surface area contributed by atoms with E-state index < -0.39 is 11.5 Å². The van der Waals surface area contributed by atoms with E-state index >= 15 is 0 Å². The van der Waals surface area contributed by atoms with Gasteiger partial charge in [-0.15, -0.1) is 0 Å². The van der Waals surface area contributed by atoms with Crippen molar-refractivity contribution in [3.05, 3.63) is 0 Å². The highest BCUT2D eigenvalue weighted by atomic mass is 16.4. The van der Waals surface area contributed by atoms with E-state index in [2.05, 4.69) is 5.32 Å². The molecule has 3 rings (SSSR count). The number of hydrogen-bond donors (Lipinski definition) is 2. The summed E-state index contributed by atoms with van der Waals surface area (Å²) < 4.78 is 0. The minimum absolute atomic E-state index is 0.00477. The van der Waals surface area contributed by atoms with E-state index in [0.29, 0.717) is 12.3 Å². The number of rotatable bonds is 1. The van der Waals surface area contributed by atoms with Crippen molar-refractivity contribution in [2.45, 2.75) is 24.8 Å². The van der Waals surface area contributed by atoms with Crippen LogP contribution >= 0.6 is 0 Å². The zero-order valence-electron chi connectivity index (χ0n) is 7.12. The lowest BCUT2D eigenvalue weighted by Crippen LogP contribution is -2.50. The Kier molecular flexibility index (Phi) is 1.07. The van der Waals surface area contributed by atoms with Crippen LogP contribution in [0.25, 0.3) is 0 Å². The molecule has 2 bridgehead atoms. The quantitative estimate of drug-likeness (QED) is 0.597. The Morgan fingerprint density at radius 2 is 2.31 bits per heavy atom. The van der Waals surface area contributed by atoms with Gasteiger partial charge < -0.3 is 10.4 Å². The van der Waals surface area contributed by atoms with Crippen molar-refractivity contribution < 1.29 is 14.7 Å². The first-order valence-corrected chi connectivity index (χ1v) is 4.69. The number of carboxylic acid groups (broad SMARTS) is 1.